The number of nitrogens with zero attached hydrogens (tertiary/aromatic N) is 1. The molecule has 0 aromatic heterocycles. The van der Waals surface area contributed by atoms with Crippen molar-refractivity contribution in [1.82, 2.24) is 10.2 Å². The van der Waals surface area contributed by atoms with Gasteiger partial charge in [-0.15, -0.1) is 0 Å². The van der Waals surface area contributed by atoms with Gasteiger partial charge in [0.2, 0.25) is 11.8 Å². The highest BCUT2D eigenvalue weighted by Gasteiger charge is 2.33. The molecule has 2 aliphatic rings. The molecule has 3 N–H and O–H groups in total. The van der Waals surface area contributed by atoms with Crippen LogP contribution in [0.4, 0.5) is 0 Å². The number of amides is 2. The highest BCUT2D eigenvalue weighted by Crippen LogP contribution is 2.13. The number of hydrogen-bond donors (Lipinski definition) is 2. The Hall–Kier alpha value is -1.14. The van der Waals surface area contributed by atoms with Crippen LogP contribution in [-0.4, -0.2) is 55.1 Å². The second kappa shape index (κ2) is 6.34. The first-order valence-corrected chi connectivity index (χ1v) is 7.02. The Labute approximate surface area is 113 Å². The summed E-state index contributed by atoms with van der Waals surface area (Å²) in [6.45, 7) is 4.08. The summed E-state index contributed by atoms with van der Waals surface area (Å²) in [6, 6.07) is -0.754. The number of hydrogen-bond acceptors (Lipinski definition) is 4. The van der Waals surface area contributed by atoms with Crippen LogP contribution in [0.1, 0.15) is 26.2 Å². The molecule has 2 aliphatic heterocycles. The first kappa shape index (κ1) is 14.3. The quantitative estimate of drug-likeness (QED) is 0.722. The molecule has 3 unspecified atom stereocenters. The summed E-state index contributed by atoms with van der Waals surface area (Å²) in [6.07, 6.45) is 3.28. The molecule has 0 aliphatic carbocycles. The van der Waals surface area contributed by atoms with Gasteiger partial charge in [0.15, 0.2) is 0 Å². The van der Waals surface area contributed by atoms with Crippen molar-refractivity contribution in [2.75, 3.05) is 26.3 Å². The van der Waals surface area contributed by atoms with Crippen molar-refractivity contribution < 1.29 is 14.3 Å². The second-order valence-corrected chi connectivity index (χ2v) is 5.42. The summed E-state index contributed by atoms with van der Waals surface area (Å²) < 4.78 is 5.17. The SMILES string of the molecule is CC(NC(=O)C1COCC1N)C(=O)N1CCCCC1. The number of carbonyl (C=O) groups is 2. The molecule has 2 rings (SSSR count). The molecule has 0 radical (unpaired) electrons. The number of likely N-dealkylation sites (tertiary alicyclic amines) is 1. The molecule has 19 heavy (non-hydrogen) atoms. The van der Waals surface area contributed by atoms with Crippen LogP contribution in [0, 0.1) is 5.92 Å². The first-order chi connectivity index (χ1) is 9.09. The molecule has 2 fully saturated rings. The standard InChI is InChI=1S/C13H23N3O3/c1-9(13(18)16-5-3-2-4-6-16)15-12(17)10-7-19-8-11(10)14/h9-11H,2-8,14H2,1H3,(H,15,17). The van der Waals surface area contributed by atoms with Crippen molar-refractivity contribution in [2.24, 2.45) is 11.7 Å². The van der Waals surface area contributed by atoms with E-state index in [0.29, 0.717) is 13.2 Å². The average molecular weight is 269 g/mol. The van der Waals surface area contributed by atoms with Gasteiger partial charge in [0.25, 0.3) is 0 Å². The minimum atomic E-state index is -0.488. The van der Waals surface area contributed by atoms with Gasteiger partial charge in [-0.25, -0.2) is 0 Å². The van der Waals surface area contributed by atoms with Gasteiger partial charge in [-0.05, 0) is 26.2 Å². The van der Waals surface area contributed by atoms with Crippen LogP contribution in [0.15, 0.2) is 0 Å². The van der Waals surface area contributed by atoms with Gasteiger partial charge in [-0.1, -0.05) is 0 Å². The normalized spacial score (nSPS) is 29.1. The van der Waals surface area contributed by atoms with E-state index in [2.05, 4.69) is 5.32 Å². The van der Waals surface area contributed by atoms with Crippen molar-refractivity contribution in [2.45, 2.75) is 38.3 Å². The molecule has 0 bridgehead atoms. The Bertz CT molecular complexity index is 342. The van der Waals surface area contributed by atoms with E-state index in [4.69, 9.17) is 10.5 Å². The van der Waals surface area contributed by atoms with E-state index in [1.165, 1.54) is 6.42 Å². The molecule has 6 nitrogen and oxygen atoms in total. The highest BCUT2D eigenvalue weighted by atomic mass is 16.5. The highest BCUT2D eigenvalue weighted by molar-refractivity contribution is 5.88. The van der Waals surface area contributed by atoms with Gasteiger partial charge in [-0.3, -0.25) is 9.59 Å². The number of rotatable bonds is 3. The van der Waals surface area contributed by atoms with Gasteiger partial charge < -0.3 is 20.7 Å². The minimum absolute atomic E-state index is 0.000497. The van der Waals surface area contributed by atoms with Crippen molar-refractivity contribution >= 4 is 11.8 Å². The van der Waals surface area contributed by atoms with Gasteiger partial charge in [-0.2, -0.15) is 0 Å². The topological polar surface area (TPSA) is 84.7 Å². The summed E-state index contributed by atoms with van der Waals surface area (Å²) in [4.78, 5) is 26.0. The van der Waals surface area contributed by atoms with E-state index < -0.39 is 6.04 Å². The largest absolute Gasteiger partial charge is 0.379 e. The smallest absolute Gasteiger partial charge is 0.244 e. The van der Waals surface area contributed by atoms with E-state index in [1.54, 1.807) is 6.92 Å². The van der Waals surface area contributed by atoms with Gasteiger partial charge in [0.05, 0.1) is 19.1 Å². The maximum absolute atomic E-state index is 12.2. The third kappa shape index (κ3) is 3.45. The number of ether oxygens (including phenoxy) is 1. The third-order valence-electron chi connectivity index (χ3n) is 3.86. The van der Waals surface area contributed by atoms with Gasteiger partial charge in [0, 0.05) is 19.1 Å². The Morgan fingerprint density at radius 3 is 2.53 bits per heavy atom. The number of nitrogens with one attached hydrogen (secondary N) is 1. The molecule has 2 saturated heterocycles. The lowest BCUT2D eigenvalue weighted by atomic mass is 10.0. The Morgan fingerprint density at radius 2 is 1.95 bits per heavy atom. The maximum Gasteiger partial charge on any atom is 0.244 e. The zero-order chi connectivity index (χ0) is 13.8. The van der Waals surface area contributed by atoms with E-state index in [1.807, 2.05) is 4.90 Å². The Balaban J connectivity index is 1.83. The van der Waals surface area contributed by atoms with Crippen LogP contribution < -0.4 is 11.1 Å². The minimum Gasteiger partial charge on any atom is -0.379 e. The van der Waals surface area contributed by atoms with Crippen LogP contribution >= 0.6 is 0 Å². The predicted octanol–water partition coefficient (Wildman–Crippen LogP) is -0.523. The first-order valence-electron chi connectivity index (χ1n) is 7.02. The number of piperidine rings is 1. The number of carbonyl (C=O) groups excluding carboxylic acids is 2. The second-order valence-electron chi connectivity index (χ2n) is 5.42. The summed E-state index contributed by atoms with van der Waals surface area (Å²) >= 11 is 0. The van der Waals surface area contributed by atoms with E-state index >= 15 is 0 Å². The molecule has 0 saturated carbocycles. The number of nitrogens with two attached hydrogens (primary N) is 1. The zero-order valence-electron chi connectivity index (χ0n) is 11.4. The van der Waals surface area contributed by atoms with Crippen LogP contribution in [0.5, 0.6) is 0 Å². The predicted molar refractivity (Wildman–Crippen MR) is 70.3 cm³/mol. The fraction of sp³-hybridized carbons (Fsp3) is 0.846. The van der Waals surface area contributed by atoms with Crippen LogP contribution in [0.3, 0.4) is 0 Å². The molecule has 0 aromatic rings. The molecule has 108 valence electrons. The third-order valence-corrected chi connectivity index (χ3v) is 3.86. The molecule has 2 heterocycles. The summed E-state index contributed by atoms with van der Waals surface area (Å²) in [7, 11) is 0. The van der Waals surface area contributed by atoms with Crippen molar-refractivity contribution in [3.8, 4) is 0 Å². The van der Waals surface area contributed by atoms with Gasteiger partial charge >= 0.3 is 0 Å². The van der Waals surface area contributed by atoms with E-state index in [-0.39, 0.29) is 23.8 Å². The Morgan fingerprint density at radius 1 is 1.26 bits per heavy atom. The fourth-order valence-electron chi connectivity index (χ4n) is 2.61. The molecule has 0 aromatic carbocycles. The summed E-state index contributed by atoms with van der Waals surface area (Å²) in [5.74, 6) is -0.514. The van der Waals surface area contributed by atoms with E-state index in [9.17, 15) is 9.59 Å². The molecular weight excluding hydrogens is 246 g/mol. The molecule has 6 heteroatoms. The molecule has 2 amide bonds. The average Bonchev–Trinajstić information content (AvgIpc) is 2.85. The van der Waals surface area contributed by atoms with Crippen LogP contribution in [-0.2, 0) is 14.3 Å². The summed E-state index contributed by atoms with van der Waals surface area (Å²) in [5.41, 5.74) is 5.79. The monoisotopic (exact) mass is 269 g/mol. The molecule has 3 atom stereocenters. The van der Waals surface area contributed by atoms with E-state index in [0.717, 1.165) is 25.9 Å². The van der Waals surface area contributed by atoms with Crippen molar-refractivity contribution in [3.63, 3.8) is 0 Å². The lowest BCUT2D eigenvalue weighted by Crippen LogP contribution is -2.51. The molecular formula is C13H23N3O3. The fourth-order valence-corrected chi connectivity index (χ4v) is 2.61. The lowest BCUT2D eigenvalue weighted by Gasteiger charge is -2.29. The molecule has 0 spiro atoms. The van der Waals surface area contributed by atoms with Crippen LogP contribution in [0.25, 0.3) is 0 Å². The Kier molecular flexibility index (Phi) is 4.76. The van der Waals surface area contributed by atoms with Crippen LogP contribution in [0.2, 0.25) is 0 Å². The lowest BCUT2D eigenvalue weighted by molar-refractivity contribution is -0.137. The van der Waals surface area contributed by atoms with Crippen molar-refractivity contribution in [1.29, 1.82) is 0 Å². The summed E-state index contributed by atoms with van der Waals surface area (Å²) in [5, 5.41) is 2.76. The van der Waals surface area contributed by atoms with Crippen molar-refractivity contribution in [3.05, 3.63) is 0 Å². The zero-order valence-corrected chi connectivity index (χ0v) is 11.4. The maximum atomic E-state index is 12.2. The van der Waals surface area contributed by atoms with Gasteiger partial charge in [0.1, 0.15) is 6.04 Å².